The molecule has 0 radical (unpaired) electrons. The molecule has 0 N–H and O–H groups in total. The highest BCUT2D eigenvalue weighted by Crippen LogP contribution is 2.28. The molecule has 1 rings (SSSR count). The molecule has 0 bridgehead atoms. The van der Waals surface area contributed by atoms with E-state index in [1.165, 1.54) is 0 Å². The summed E-state index contributed by atoms with van der Waals surface area (Å²) >= 11 is 3.15. The van der Waals surface area contributed by atoms with Gasteiger partial charge >= 0.3 is 0 Å². The van der Waals surface area contributed by atoms with E-state index in [2.05, 4.69) is 15.9 Å². The Bertz CT molecular complexity index is 245. The Morgan fingerprint density at radius 2 is 2.45 bits per heavy atom. The molecule has 0 aromatic rings. The lowest BCUT2D eigenvalue weighted by Gasteiger charge is -2.10. The average molecular weight is 218 g/mol. The van der Waals surface area contributed by atoms with Gasteiger partial charge in [0, 0.05) is 0 Å². The van der Waals surface area contributed by atoms with Crippen molar-refractivity contribution in [2.45, 2.75) is 13.3 Å². The zero-order chi connectivity index (χ0) is 8.43. The number of hydrogen-bond donors (Lipinski definition) is 0. The van der Waals surface area contributed by atoms with Crippen LogP contribution in [0, 0.1) is 16.0 Å². The predicted molar refractivity (Wildman–Crippen MR) is 45.9 cm³/mol. The molecule has 0 saturated heterocycles. The van der Waals surface area contributed by atoms with Gasteiger partial charge in [0.05, 0.1) is 15.3 Å². The fourth-order valence-corrected chi connectivity index (χ4v) is 1.80. The lowest BCUT2D eigenvalue weighted by Crippen LogP contribution is -2.11. The van der Waals surface area contributed by atoms with E-state index in [1.807, 2.05) is 13.0 Å². The van der Waals surface area contributed by atoms with E-state index in [-0.39, 0.29) is 16.5 Å². The molecule has 1 aliphatic carbocycles. The minimum atomic E-state index is -0.321. The number of nitro groups is 1. The summed E-state index contributed by atoms with van der Waals surface area (Å²) in [6.45, 7) is 1.85. The molecular formula is C7H8BrNO2. The number of allylic oxidation sites excluding steroid dienone is 4. The molecular weight excluding hydrogens is 210 g/mol. The van der Waals surface area contributed by atoms with Crippen LogP contribution in [0.5, 0.6) is 0 Å². The summed E-state index contributed by atoms with van der Waals surface area (Å²) < 4.78 is 0.598. The topological polar surface area (TPSA) is 43.1 Å². The third kappa shape index (κ3) is 1.68. The summed E-state index contributed by atoms with van der Waals surface area (Å²) in [4.78, 5) is 10.1. The minimum Gasteiger partial charge on any atom is -0.259 e. The number of hydrogen-bond acceptors (Lipinski definition) is 2. The predicted octanol–water partition coefficient (Wildman–Crippen LogP) is 2.47. The third-order valence-electron chi connectivity index (χ3n) is 1.66. The highest BCUT2D eigenvalue weighted by atomic mass is 79.9. The first-order chi connectivity index (χ1) is 5.13. The molecule has 0 fully saturated rings. The van der Waals surface area contributed by atoms with Gasteiger partial charge in [0.15, 0.2) is 0 Å². The molecule has 0 aromatic carbocycles. The van der Waals surface area contributed by atoms with Crippen molar-refractivity contribution in [3.8, 4) is 0 Å². The fourth-order valence-electron chi connectivity index (χ4n) is 1.08. The van der Waals surface area contributed by atoms with Crippen LogP contribution in [0.4, 0.5) is 0 Å². The van der Waals surface area contributed by atoms with Crippen LogP contribution < -0.4 is 0 Å². The van der Waals surface area contributed by atoms with Crippen molar-refractivity contribution < 1.29 is 4.92 Å². The lowest BCUT2D eigenvalue weighted by molar-refractivity contribution is -0.433. The Balaban J connectivity index is 3.01. The van der Waals surface area contributed by atoms with Crippen molar-refractivity contribution >= 4 is 15.9 Å². The van der Waals surface area contributed by atoms with Gasteiger partial charge in [-0.05, 0) is 28.4 Å². The van der Waals surface area contributed by atoms with E-state index in [0.29, 0.717) is 4.48 Å². The summed E-state index contributed by atoms with van der Waals surface area (Å²) in [6, 6.07) is 0. The Labute approximate surface area is 73.1 Å². The van der Waals surface area contributed by atoms with Gasteiger partial charge in [-0.1, -0.05) is 13.0 Å². The van der Waals surface area contributed by atoms with Gasteiger partial charge in [0.2, 0.25) is 0 Å². The molecule has 11 heavy (non-hydrogen) atoms. The quantitative estimate of drug-likeness (QED) is 0.501. The monoisotopic (exact) mass is 217 g/mol. The first-order valence-corrected chi connectivity index (χ1v) is 4.13. The standard InChI is InChI=1S/C7H8BrNO2/c1-5-3-2-4-6(8)7(5)9(10)11/h2,4-5H,3H2,1H3. The van der Waals surface area contributed by atoms with Crippen LogP contribution in [0.25, 0.3) is 0 Å². The van der Waals surface area contributed by atoms with Crippen molar-refractivity contribution in [2.75, 3.05) is 0 Å². The van der Waals surface area contributed by atoms with Gasteiger partial charge in [-0.25, -0.2) is 0 Å². The van der Waals surface area contributed by atoms with E-state index in [9.17, 15) is 10.1 Å². The molecule has 0 heterocycles. The smallest absolute Gasteiger partial charge is 0.259 e. The molecule has 4 heteroatoms. The maximum atomic E-state index is 10.5. The second-order valence-corrected chi connectivity index (χ2v) is 3.38. The van der Waals surface area contributed by atoms with E-state index in [4.69, 9.17) is 0 Å². The number of halogens is 1. The SMILES string of the molecule is CC1CC=CC(Br)=C1[N+](=O)[O-]. The van der Waals surface area contributed by atoms with E-state index in [0.717, 1.165) is 6.42 Å². The molecule has 1 atom stereocenters. The Morgan fingerprint density at radius 1 is 1.82 bits per heavy atom. The maximum absolute atomic E-state index is 10.5. The van der Waals surface area contributed by atoms with Crippen molar-refractivity contribution in [2.24, 2.45) is 5.92 Å². The van der Waals surface area contributed by atoms with Crippen LogP contribution in [0.3, 0.4) is 0 Å². The van der Waals surface area contributed by atoms with Crippen molar-refractivity contribution in [1.29, 1.82) is 0 Å². The fraction of sp³-hybridized carbons (Fsp3) is 0.429. The summed E-state index contributed by atoms with van der Waals surface area (Å²) in [5.41, 5.74) is 0.285. The lowest BCUT2D eigenvalue weighted by atomic mass is 10.00. The van der Waals surface area contributed by atoms with Gasteiger partial charge in [0.1, 0.15) is 0 Å². The molecule has 60 valence electrons. The molecule has 0 aromatic heterocycles. The zero-order valence-corrected chi connectivity index (χ0v) is 7.67. The van der Waals surface area contributed by atoms with Crippen LogP contribution >= 0.6 is 15.9 Å². The van der Waals surface area contributed by atoms with Crippen molar-refractivity contribution in [3.63, 3.8) is 0 Å². The summed E-state index contributed by atoms with van der Waals surface area (Å²) in [7, 11) is 0. The average Bonchev–Trinajstić information content (AvgIpc) is 1.85. The minimum absolute atomic E-state index is 0.0179. The molecule has 0 aliphatic heterocycles. The van der Waals surface area contributed by atoms with E-state index < -0.39 is 0 Å². The second-order valence-electron chi connectivity index (χ2n) is 2.53. The third-order valence-corrected chi connectivity index (χ3v) is 2.33. The molecule has 1 aliphatic rings. The maximum Gasteiger partial charge on any atom is 0.263 e. The first kappa shape index (κ1) is 8.46. The van der Waals surface area contributed by atoms with Crippen LogP contribution in [-0.2, 0) is 0 Å². The van der Waals surface area contributed by atoms with Crippen molar-refractivity contribution in [3.05, 3.63) is 32.4 Å². The summed E-state index contributed by atoms with van der Waals surface area (Å²) in [5.74, 6) is 0.0179. The molecule has 0 amide bonds. The largest absolute Gasteiger partial charge is 0.263 e. The summed E-state index contributed by atoms with van der Waals surface area (Å²) in [6.07, 6.45) is 4.42. The second kappa shape index (κ2) is 3.17. The molecule has 0 saturated carbocycles. The molecule has 1 unspecified atom stereocenters. The van der Waals surface area contributed by atoms with Gasteiger partial charge in [-0.2, -0.15) is 0 Å². The molecule has 0 spiro atoms. The van der Waals surface area contributed by atoms with Crippen molar-refractivity contribution in [1.82, 2.24) is 0 Å². The van der Waals surface area contributed by atoms with Crippen LogP contribution in [-0.4, -0.2) is 4.92 Å². The first-order valence-electron chi connectivity index (χ1n) is 3.33. The van der Waals surface area contributed by atoms with E-state index >= 15 is 0 Å². The van der Waals surface area contributed by atoms with Gasteiger partial charge in [-0.15, -0.1) is 0 Å². The van der Waals surface area contributed by atoms with Gasteiger partial charge < -0.3 is 0 Å². The summed E-state index contributed by atoms with van der Waals surface area (Å²) in [5, 5.41) is 10.5. The normalized spacial score (nSPS) is 24.0. The highest BCUT2D eigenvalue weighted by Gasteiger charge is 2.24. The Kier molecular flexibility index (Phi) is 2.44. The number of nitrogens with zero attached hydrogens (tertiary/aromatic N) is 1. The zero-order valence-electron chi connectivity index (χ0n) is 6.08. The Hall–Kier alpha value is -0.640. The molecule has 3 nitrogen and oxygen atoms in total. The van der Waals surface area contributed by atoms with E-state index in [1.54, 1.807) is 6.08 Å². The van der Waals surface area contributed by atoms with Crippen LogP contribution in [0.15, 0.2) is 22.3 Å². The van der Waals surface area contributed by atoms with Crippen LogP contribution in [0.1, 0.15) is 13.3 Å². The van der Waals surface area contributed by atoms with Crippen LogP contribution in [0.2, 0.25) is 0 Å². The Morgan fingerprint density at radius 3 is 2.82 bits per heavy atom. The van der Waals surface area contributed by atoms with Gasteiger partial charge in [0.25, 0.3) is 5.70 Å². The highest BCUT2D eigenvalue weighted by molar-refractivity contribution is 9.11. The van der Waals surface area contributed by atoms with Gasteiger partial charge in [-0.3, -0.25) is 10.1 Å². The number of rotatable bonds is 1.